The van der Waals surface area contributed by atoms with Crippen molar-refractivity contribution < 1.29 is 24.2 Å². The average Bonchev–Trinajstić information content (AvgIpc) is 3.09. The molecule has 1 atom stereocenters. The molecule has 9 nitrogen and oxygen atoms in total. The van der Waals surface area contributed by atoms with Crippen molar-refractivity contribution in [2.45, 2.75) is 45.3 Å². The summed E-state index contributed by atoms with van der Waals surface area (Å²) < 4.78 is 10.4. The number of thioether (sulfide) groups is 1. The first-order valence-electron chi connectivity index (χ1n) is 10.0. The van der Waals surface area contributed by atoms with Gasteiger partial charge in [-0.25, -0.2) is 0 Å². The minimum atomic E-state index is -0.557. The van der Waals surface area contributed by atoms with E-state index >= 15 is 0 Å². The largest absolute Gasteiger partial charge is 0.507 e. The number of nitrogens with zero attached hydrogens (tertiary/aromatic N) is 2. The third-order valence-electron chi connectivity index (χ3n) is 5.08. The lowest BCUT2D eigenvalue weighted by molar-refractivity contribution is -0.116. The van der Waals surface area contributed by atoms with E-state index in [-0.39, 0.29) is 11.3 Å². The highest BCUT2D eigenvalue weighted by atomic mass is 32.2. The second-order valence-electron chi connectivity index (χ2n) is 7.67. The van der Waals surface area contributed by atoms with E-state index in [0.29, 0.717) is 42.4 Å². The van der Waals surface area contributed by atoms with Gasteiger partial charge < -0.3 is 30.5 Å². The van der Waals surface area contributed by atoms with Crippen LogP contribution in [0.1, 0.15) is 38.1 Å². The minimum Gasteiger partial charge on any atom is -0.507 e. The molecule has 0 saturated heterocycles. The second kappa shape index (κ2) is 10.6. The predicted molar refractivity (Wildman–Crippen MR) is 121 cm³/mol. The van der Waals surface area contributed by atoms with E-state index in [1.165, 1.54) is 38.1 Å². The van der Waals surface area contributed by atoms with Gasteiger partial charge in [0.25, 0.3) is 11.8 Å². The van der Waals surface area contributed by atoms with Crippen LogP contribution in [0.2, 0.25) is 0 Å². The molecular weight excluding hydrogens is 420 g/mol. The number of nitrogens with two attached hydrogens (primary N) is 1. The first kappa shape index (κ1) is 24.7. The number of amides is 2. The van der Waals surface area contributed by atoms with Gasteiger partial charge in [0.15, 0.2) is 17.0 Å². The van der Waals surface area contributed by atoms with Gasteiger partial charge in [0.05, 0.1) is 19.8 Å². The van der Waals surface area contributed by atoms with Gasteiger partial charge >= 0.3 is 0 Å². The predicted octanol–water partition coefficient (Wildman–Crippen LogP) is 1.92. The van der Waals surface area contributed by atoms with Crippen molar-refractivity contribution in [3.8, 4) is 17.2 Å². The summed E-state index contributed by atoms with van der Waals surface area (Å²) in [7, 11) is 2.89. The van der Waals surface area contributed by atoms with Gasteiger partial charge in [0, 0.05) is 42.7 Å². The van der Waals surface area contributed by atoms with Gasteiger partial charge in [0.2, 0.25) is 0 Å². The summed E-state index contributed by atoms with van der Waals surface area (Å²) in [6.45, 7) is 9.64. The van der Waals surface area contributed by atoms with Crippen molar-refractivity contribution in [1.29, 1.82) is 0 Å². The van der Waals surface area contributed by atoms with Crippen LogP contribution >= 0.6 is 11.8 Å². The number of primary amides is 1. The molecule has 2 amide bonds. The molecule has 1 heterocycles. The van der Waals surface area contributed by atoms with Gasteiger partial charge in [-0.3, -0.25) is 14.5 Å². The molecule has 0 radical (unpaired) electrons. The lowest BCUT2D eigenvalue weighted by Gasteiger charge is -2.35. The molecule has 0 spiro atoms. The molecule has 0 saturated carbocycles. The van der Waals surface area contributed by atoms with Gasteiger partial charge in [-0.05, 0) is 27.7 Å². The number of nitrogens with one attached hydrogen (secondary N) is 1. The third-order valence-corrected chi connectivity index (χ3v) is 6.07. The molecule has 0 aromatic heterocycles. The highest BCUT2D eigenvalue weighted by Crippen LogP contribution is 2.35. The van der Waals surface area contributed by atoms with Gasteiger partial charge in [-0.15, -0.1) is 0 Å². The fraction of sp³-hybridized carbons (Fsp3) is 0.524. The third kappa shape index (κ3) is 5.76. The van der Waals surface area contributed by atoms with Gasteiger partial charge in [-0.1, -0.05) is 11.8 Å². The number of hydrogen-bond acceptors (Lipinski definition) is 8. The Morgan fingerprint density at radius 2 is 1.77 bits per heavy atom. The summed E-state index contributed by atoms with van der Waals surface area (Å²) in [5, 5.41) is 14.8. The van der Waals surface area contributed by atoms with Crippen LogP contribution in [0.5, 0.6) is 17.2 Å². The van der Waals surface area contributed by atoms with E-state index in [0.717, 1.165) is 0 Å². The number of rotatable bonds is 10. The zero-order valence-corrected chi connectivity index (χ0v) is 19.7. The fourth-order valence-electron chi connectivity index (χ4n) is 3.52. The molecule has 172 valence electrons. The summed E-state index contributed by atoms with van der Waals surface area (Å²) >= 11 is 1.28. The van der Waals surface area contributed by atoms with Crippen molar-refractivity contribution in [2.75, 3.05) is 27.3 Å². The Labute approximate surface area is 187 Å². The first-order valence-corrected chi connectivity index (χ1v) is 11.0. The Kier molecular flexibility index (Phi) is 8.46. The van der Waals surface area contributed by atoms with Crippen molar-refractivity contribution >= 4 is 23.6 Å². The second-order valence-corrected chi connectivity index (χ2v) is 8.63. The quantitative estimate of drug-likeness (QED) is 0.493. The molecule has 2 rings (SSSR count). The minimum absolute atomic E-state index is 0.0386. The van der Waals surface area contributed by atoms with Crippen LogP contribution < -0.4 is 20.5 Å². The molecule has 1 aliphatic heterocycles. The summed E-state index contributed by atoms with van der Waals surface area (Å²) in [6.07, 6.45) is 0. The Hall–Kier alpha value is -2.59. The summed E-state index contributed by atoms with van der Waals surface area (Å²) in [5.74, 6) is -0.669. The molecule has 10 heteroatoms. The molecule has 0 aliphatic carbocycles. The molecule has 1 aromatic rings. The van der Waals surface area contributed by atoms with E-state index in [2.05, 4.69) is 37.9 Å². The number of phenols is 1. The zero-order valence-electron chi connectivity index (χ0n) is 18.8. The molecular formula is C21H32N4O5S. The van der Waals surface area contributed by atoms with Crippen LogP contribution in [-0.4, -0.2) is 71.6 Å². The average molecular weight is 453 g/mol. The Bertz CT molecular complexity index is 835. The van der Waals surface area contributed by atoms with E-state index in [1.54, 1.807) is 10.3 Å². The van der Waals surface area contributed by atoms with Crippen molar-refractivity contribution in [1.82, 2.24) is 15.1 Å². The van der Waals surface area contributed by atoms with Crippen LogP contribution in [0, 0.1) is 0 Å². The van der Waals surface area contributed by atoms with Crippen molar-refractivity contribution in [2.24, 2.45) is 5.73 Å². The van der Waals surface area contributed by atoms with Gasteiger partial charge in [0.1, 0.15) is 11.4 Å². The SMILES string of the molecule is COc1cc(O)c(C(=O)NC2SC=C(C(N)=O)N2CCN(C(C)C)C(C)C)cc1OC. The molecule has 0 bridgehead atoms. The number of carbonyl (C=O) groups excluding carboxylic acids is 2. The summed E-state index contributed by atoms with van der Waals surface area (Å²) in [6, 6.07) is 3.39. The number of methoxy groups -OCH3 is 2. The lowest BCUT2D eigenvalue weighted by Crippen LogP contribution is -2.49. The molecule has 1 unspecified atom stereocenters. The Balaban J connectivity index is 2.20. The van der Waals surface area contributed by atoms with Crippen LogP contribution in [0.3, 0.4) is 0 Å². The van der Waals surface area contributed by atoms with Crippen molar-refractivity contribution in [3.63, 3.8) is 0 Å². The smallest absolute Gasteiger partial charge is 0.265 e. The van der Waals surface area contributed by atoms with E-state index in [4.69, 9.17) is 15.2 Å². The van der Waals surface area contributed by atoms with E-state index in [9.17, 15) is 14.7 Å². The number of phenolic OH excluding ortho intramolecular Hbond substituents is 1. The summed E-state index contributed by atoms with van der Waals surface area (Å²) in [4.78, 5) is 28.9. The standard InChI is InChI=1S/C21H32N4O5S/c1-12(2)24(13(3)4)7-8-25-15(19(22)27)11-31-21(25)23-20(28)14-9-17(29-5)18(30-6)10-16(14)26/h9-13,21,26H,7-8H2,1-6H3,(H2,22,27)(H,23,28). The highest BCUT2D eigenvalue weighted by molar-refractivity contribution is 8.02. The zero-order chi connectivity index (χ0) is 23.3. The maximum absolute atomic E-state index is 12.9. The van der Waals surface area contributed by atoms with Crippen LogP contribution in [-0.2, 0) is 4.79 Å². The number of carbonyl (C=O) groups is 2. The Morgan fingerprint density at radius 1 is 1.19 bits per heavy atom. The monoisotopic (exact) mass is 452 g/mol. The molecule has 1 aromatic carbocycles. The summed E-state index contributed by atoms with van der Waals surface area (Å²) in [5.41, 5.74) is 5.40. The van der Waals surface area contributed by atoms with E-state index < -0.39 is 17.3 Å². The molecule has 0 fully saturated rings. The normalized spacial score (nSPS) is 16.1. The number of hydrogen-bond donors (Lipinski definition) is 3. The molecule has 1 aliphatic rings. The topological polar surface area (TPSA) is 117 Å². The fourth-order valence-corrected chi connectivity index (χ4v) is 4.57. The number of benzene rings is 1. The lowest BCUT2D eigenvalue weighted by atomic mass is 10.1. The van der Waals surface area contributed by atoms with Crippen LogP contribution in [0.25, 0.3) is 0 Å². The van der Waals surface area contributed by atoms with Crippen LogP contribution in [0.15, 0.2) is 23.2 Å². The number of ether oxygens (including phenoxy) is 2. The van der Waals surface area contributed by atoms with Crippen LogP contribution in [0.4, 0.5) is 0 Å². The number of aromatic hydroxyl groups is 1. The maximum Gasteiger partial charge on any atom is 0.265 e. The Morgan fingerprint density at radius 3 is 2.29 bits per heavy atom. The maximum atomic E-state index is 12.9. The van der Waals surface area contributed by atoms with Gasteiger partial charge in [-0.2, -0.15) is 0 Å². The van der Waals surface area contributed by atoms with E-state index in [1.807, 2.05) is 0 Å². The first-order chi connectivity index (χ1) is 14.6. The molecule has 4 N–H and O–H groups in total. The molecule has 31 heavy (non-hydrogen) atoms. The van der Waals surface area contributed by atoms with Crippen molar-refractivity contribution in [3.05, 3.63) is 28.8 Å². The highest BCUT2D eigenvalue weighted by Gasteiger charge is 2.32.